The van der Waals surface area contributed by atoms with E-state index in [1.54, 1.807) is 12.1 Å². The molecule has 11 heteroatoms. The molecule has 1 atom stereocenters. The predicted molar refractivity (Wildman–Crippen MR) is 155 cm³/mol. The zero-order valence-electron chi connectivity index (χ0n) is 23.4. The number of nitrogen functional groups attached to an aromatic ring is 1. The summed E-state index contributed by atoms with van der Waals surface area (Å²) in [7, 11) is -4.29. The van der Waals surface area contributed by atoms with Crippen LogP contribution in [0.15, 0.2) is 53.6 Å². The number of nitrogens with two attached hydrogens (primary N) is 1. The molecule has 0 spiro atoms. The number of aromatic nitrogens is 2. The van der Waals surface area contributed by atoms with Crippen LogP contribution in [0.3, 0.4) is 0 Å². The van der Waals surface area contributed by atoms with E-state index in [2.05, 4.69) is 30.5 Å². The highest BCUT2D eigenvalue weighted by Crippen LogP contribution is 2.37. The van der Waals surface area contributed by atoms with E-state index in [1.165, 1.54) is 36.4 Å². The molecule has 1 unspecified atom stereocenters. The maximum absolute atomic E-state index is 14.5. The lowest BCUT2D eigenvalue weighted by Crippen LogP contribution is -2.34. The third-order valence-electron chi connectivity index (χ3n) is 6.83. The zero-order chi connectivity index (χ0) is 29.2. The van der Waals surface area contributed by atoms with Crippen molar-refractivity contribution in [3.8, 4) is 17.0 Å². The van der Waals surface area contributed by atoms with Crippen LogP contribution in [-0.2, 0) is 10.0 Å². The van der Waals surface area contributed by atoms with Crippen molar-refractivity contribution in [1.29, 1.82) is 0 Å². The highest BCUT2D eigenvalue weighted by atomic mass is 32.2. The molecule has 1 aliphatic rings. The largest absolute Gasteiger partial charge is 0.493 e. The number of nitrogens with one attached hydrogen (secondary N) is 1. The molecule has 9 nitrogen and oxygen atoms in total. The van der Waals surface area contributed by atoms with Gasteiger partial charge in [-0.2, -0.15) is 8.42 Å². The average molecular weight is 572 g/mol. The maximum Gasteiger partial charge on any atom is 0.281 e. The van der Waals surface area contributed by atoms with Crippen molar-refractivity contribution >= 4 is 27.6 Å². The third kappa shape index (κ3) is 6.88. The van der Waals surface area contributed by atoms with E-state index in [4.69, 9.17) is 15.5 Å². The van der Waals surface area contributed by atoms with Gasteiger partial charge in [0.25, 0.3) is 15.9 Å². The highest BCUT2D eigenvalue weighted by molar-refractivity contribution is 7.90. The number of hydrogen-bond donors (Lipinski definition) is 2. The van der Waals surface area contributed by atoms with E-state index in [9.17, 15) is 17.6 Å². The van der Waals surface area contributed by atoms with Gasteiger partial charge in [0.2, 0.25) is 0 Å². The molecule has 3 N–H and O–H groups in total. The van der Waals surface area contributed by atoms with Gasteiger partial charge in [0.15, 0.2) is 5.03 Å². The van der Waals surface area contributed by atoms with Crippen LogP contribution in [0.2, 0.25) is 0 Å². The summed E-state index contributed by atoms with van der Waals surface area (Å²) in [4.78, 5) is 24.0. The summed E-state index contributed by atoms with van der Waals surface area (Å²) in [6.45, 7) is 12.2. The third-order valence-corrected chi connectivity index (χ3v) is 8.06. The fraction of sp³-hybridized carbons (Fsp3) is 0.414. The summed E-state index contributed by atoms with van der Waals surface area (Å²) in [6, 6.07) is 11.6. The van der Waals surface area contributed by atoms with E-state index in [0.717, 1.165) is 6.42 Å². The summed E-state index contributed by atoms with van der Waals surface area (Å²) in [5.74, 6) is -0.0128. The summed E-state index contributed by atoms with van der Waals surface area (Å²) in [5, 5.41) is -0.366. The molecule has 3 heterocycles. The van der Waals surface area contributed by atoms with Gasteiger partial charge < -0.3 is 15.4 Å². The maximum atomic E-state index is 14.5. The number of rotatable bonds is 8. The molecular formula is C29H38FN5O4S. The number of amides is 1. The van der Waals surface area contributed by atoms with Crippen LogP contribution < -0.4 is 20.1 Å². The minimum absolute atomic E-state index is 0. The molecular weight excluding hydrogens is 533 g/mol. The number of pyridine rings is 2. The van der Waals surface area contributed by atoms with Crippen LogP contribution in [0.5, 0.6) is 5.75 Å². The molecule has 1 saturated heterocycles. The first kappa shape index (κ1) is 29.3. The zero-order valence-corrected chi connectivity index (χ0v) is 24.3. The van der Waals surface area contributed by atoms with E-state index in [-0.39, 0.29) is 29.2 Å². The van der Waals surface area contributed by atoms with Gasteiger partial charge in [-0.05, 0) is 60.1 Å². The lowest BCUT2D eigenvalue weighted by molar-refractivity contribution is 0.0981. The van der Waals surface area contributed by atoms with Crippen LogP contribution in [0.1, 0.15) is 52.8 Å². The van der Waals surface area contributed by atoms with Crippen molar-refractivity contribution < 1.29 is 23.8 Å². The SMILES string of the molecule is CC(C)COc1cc(F)cc(-c2ccc(C(=O)NS(=O)(=O)c3cccc(N)n3)c(N3CCC(C(C)(C)C)C3)n2)c1.[HH]. The number of carbonyl (C=O) groups is 1. The number of sulfonamides is 1. The molecule has 216 valence electrons. The minimum atomic E-state index is -4.29. The highest BCUT2D eigenvalue weighted by Gasteiger charge is 2.34. The van der Waals surface area contributed by atoms with Crippen LogP contribution in [0, 0.1) is 23.1 Å². The topological polar surface area (TPSA) is 128 Å². The normalized spacial score (nSPS) is 15.9. The molecule has 1 fully saturated rings. The second-order valence-corrected chi connectivity index (χ2v) is 13.2. The van der Waals surface area contributed by atoms with Gasteiger partial charge in [-0.3, -0.25) is 4.79 Å². The molecule has 2 aromatic heterocycles. The summed E-state index contributed by atoms with van der Waals surface area (Å²) < 4.78 is 48.2. The van der Waals surface area contributed by atoms with Crippen molar-refractivity contribution in [2.24, 2.45) is 17.3 Å². The Morgan fingerprint density at radius 1 is 1.20 bits per heavy atom. The molecule has 0 saturated carbocycles. The van der Waals surface area contributed by atoms with Crippen LogP contribution >= 0.6 is 0 Å². The Morgan fingerprint density at radius 3 is 2.60 bits per heavy atom. The predicted octanol–water partition coefficient (Wildman–Crippen LogP) is 5.14. The van der Waals surface area contributed by atoms with Crippen molar-refractivity contribution in [2.45, 2.75) is 46.1 Å². The number of carbonyl (C=O) groups excluding carboxylic acids is 1. The van der Waals surface area contributed by atoms with E-state index in [0.29, 0.717) is 48.4 Å². The van der Waals surface area contributed by atoms with Gasteiger partial charge in [0, 0.05) is 26.1 Å². The lowest BCUT2D eigenvalue weighted by Gasteiger charge is -2.28. The number of ether oxygens (including phenoxy) is 1. The van der Waals surface area contributed by atoms with Gasteiger partial charge in [0.1, 0.15) is 23.2 Å². The Balaban J connectivity index is 0.00000462. The second kappa shape index (κ2) is 11.4. The van der Waals surface area contributed by atoms with Crippen molar-refractivity contribution in [3.05, 3.63) is 59.9 Å². The molecule has 0 bridgehead atoms. The number of nitrogens with zero attached hydrogens (tertiary/aromatic N) is 3. The average Bonchev–Trinajstić information content (AvgIpc) is 3.38. The lowest BCUT2D eigenvalue weighted by atomic mass is 9.80. The first-order valence-electron chi connectivity index (χ1n) is 13.2. The molecule has 40 heavy (non-hydrogen) atoms. The summed E-state index contributed by atoms with van der Waals surface area (Å²) >= 11 is 0. The monoisotopic (exact) mass is 571 g/mol. The number of anilines is 2. The van der Waals surface area contributed by atoms with Crippen molar-refractivity contribution in [1.82, 2.24) is 14.7 Å². The Labute approximate surface area is 236 Å². The van der Waals surface area contributed by atoms with E-state index >= 15 is 0 Å². The fourth-order valence-electron chi connectivity index (χ4n) is 4.55. The smallest absolute Gasteiger partial charge is 0.281 e. The van der Waals surface area contributed by atoms with Crippen molar-refractivity contribution in [2.75, 3.05) is 30.3 Å². The van der Waals surface area contributed by atoms with Gasteiger partial charge in [0.05, 0.1) is 17.9 Å². The van der Waals surface area contributed by atoms with Gasteiger partial charge >= 0.3 is 0 Å². The first-order chi connectivity index (χ1) is 18.7. The Morgan fingerprint density at radius 2 is 1.95 bits per heavy atom. The standard InChI is InChI=1S/C29H36FN5O4S.H2/c1-18(2)17-39-22-14-19(13-21(30)15-22)24-10-9-23(27(32-24)35-12-11-20(16-35)29(3,4)5)28(36)34-40(37,38)26-8-6-7-25(31)33-26;/h6-10,13-15,18,20H,11-12,16-17H2,1-5H3,(H2,31,33)(H,34,36);1H. The molecule has 1 aliphatic heterocycles. The van der Waals surface area contributed by atoms with Crippen LogP contribution in [0.25, 0.3) is 11.3 Å². The van der Waals surface area contributed by atoms with Crippen LogP contribution in [0.4, 0.5) is 16.0 Å². The molecule has 4 rings (SSSR count). The summed E-state index contributed by atoms with van der Waals surface area (Å²) in [5.41, 5.74) is 6.66. The first-order valence-corrected chi connectivity index (χ1v) is 14.7. The Bertz CT molecular complexity index is 1510. The molecule has 0 radical (unpaired) electrons. The van der Waals surface area contributed by atoms with Crippen LogP contribution in [-0.4, -0.2) is 44.0 Å². The number of hydrogen-bond acceptors (Lipinski definition) is 8. The molecule has 1 aromatic carbocycles. The quantitative estimate of drug-likeness (QED) is 0.381. The number of benzene rings is 1. The molecule has 3 aromatic rings. The Hall–Kier alpha value is -3.73. The van der Waals surface area contributed by atoms with Gasteiger partial charge in [-0.15, -0.1) is 0 Å². The summed E-state index contributed by atoms with van der Waals surface area (Å²) in [6.07, 6.45) is 0.884. The van der Waals surface area contributed by atoms with Gasteiger partial charge in [-0.25, -0.2) is 19.1 Å². The number of halogens is 1. The fourth-order valence-corrected chi connectivity index (χ4v) is 5.50. The minimum Gasteiger partial charge on any atom is -0.493 e. The second-order valence-electron chi connectivity index (χ2n) is 11.6. The van der Waals surface area contributed by atoms with E-state index in [1.807, 2.05) is 18.7 Å². The van der Waals surface area contributed by atoms with Crippen molar-refractivity contribution in [3.63, 3.8) is 0 Å². The van der Waals surface area contributed by atoms with Gasteiger partial charge in [-0.1, -0.05) is 40.7 Å². The van der Waals surface area contributed by atoms with E-state index < -0.39 is 21.7 Å². The molecule has 0 aliphatic carbocycles. The molecule has 1 amide bonds. The Kier molecular flexibility index (Phi) is 8.34.